The van der Waals surface area contributed by atoms with Crippen molar-refractivity contribution in [1.29, 1.82) is 0 Å². The molecule has 2 fully saturated rings. The number of benzene rings is 1. The molecule has 1 atom stereocenters. The Morgan fingerprint density at radius 1 is 0.949 bits per heavy atom. The molecule has 6 rings (SSSR count). The van der Waals surface area contributed by atoms with Crippen molar-refractivity contribution in [1.82, 2.24) is 29.2 Å². The van der Waals surface area contributed by atoms with Crippen LogP contribution in [0.15, 0.2) is 53.6 Å². The molecule has 0 bridgehead atoms. The number of piperazine rings is 2. The van der Waals surface area contributed by atoms with Crippen molar-refractivity contribution in [2.24, 2.45) is 7.05 Å². The van der Waals surface area contributed by atoms with Crippen LogP contribution < -0.4 is 10.5 Å². The Bertz CT molecular complexity index is 1570. The maximum atomic E-state index is 12.4. The van der Waals surface area contributed by atoms with Gasteiger partial charge in [0, 0.05) is 88.6 Å². The first kappa shape index (κ1) is 25.6. The molecule has 0 unspecified atom stereocenters. The average molecular weight is 528 g/mol. The van der Waals surface area contributed by atoms with Crippen LogP contribution in [0.2, 0.25) is 0 Å². The number of aryl methyl sites for hydroxylation is 1. The second-order valence-corrected chi connectivity index (χ2v) is 11.0. The van der Waals surface area contributed by atoms with Gasteiger partial charge in [0.15, 0.2) is 0 Å². The molecular formula is C30H37N7O2. The van der Waals surface area contributed by atoms with Gasteiger partial charge < -0.3 is 19.4 Å². The SMILES string of the molecule is C[C@@H]1C(=O)N(C)CCN1CCCN1CCN(c2ccc3cc(-c4cn(C)c(=O)c5[nH]ccc45)ccc3n2)CC1. The van der Waals surface area contributed by atoms with E-state index in [2.05, 4.69) is 50.0 Å². The molecule has 204 valence electrons. The lowest BCUT2D eigenvalue weighted by atomic mass is 10.0. The van der Waals surface area contributed by atoms with E-state index in [0.717, 1.165) is 92.0 Å². The number of anilines is 1. The summed E-state index contributed by atoms with van der Waals surface area (Å²) in [7, 11) is 3.69. The first-order valence-corrected chi connectivity index (χ1v) is 13.9. The molecule has 9 nitrogen and oxygen atoms in total. The molecular weight excluding hydrogens is 490 g/mol. The molecule has 2 aliphatic rings. The number of H-pyrrole nitrogens is 1. The second-order valence-electron chi connectivity index (χ2n) is 11.0. The van der Waals surface area contributed by atoms with Gasteiger partial charge in [-0.25, -0.2) is 4.98 Å². The number of hydrogen-bond acceptors (Lipinski definition) is 6. The van der Waals surface area contributed by atoms with Crippen molar-refractivity contribution < 1.29 is 4.79 Å². The number of fused-ring (bicyclic) bond motifs is 2. The number of aromatic nitrogens is 3. The summed E-state index contributed by atoms with van der Waals surface area (Å²) in [5, 5.41) is 2.02. The molecule has 1 aromatic carbocycles. The summed E-state index contributed by atoms with van der Waals surface area (Å²) < 4.78 is 1.63. The number of likely N-dealkylation sites (N-methyl/N-ethyl adjacent to an activating group) is 1. The fourth-order valence-electron chi connectivity index (χ4n) is 6.02. The minimum Gasteiger partial charge on any atom is -0.357 e. The van der Waals surface area contributed by atoms with Crippen LogP contribution in [0, 0.1) is 0 Å². The van der Waals surface area contributed by atoms with E-state index in [1.165, 1.54) is 0 Å². The number of amides is 1. The molecule has 3 aromatic heterocycles. The normalized spacial score (nSPS) is 19.5. The standard InChI is InChI=1S/C30H37N7O2/c1-21-29(38)33(2)13-16-36(21)12-4-11-35-14-17-37(18-15-35)27-8-6-23-19-22(5-7-26(23)32-27)25-20-34(3)30(39)28-24(25)9-10-31-28/h5-10,19-21,31H,4,11-18H2,1-3H3/t21-/m1/s1. The van der Waals surface area contributed by atoms with E-state index in [1.54, 1.807) is 11.6 Å². The predicted octanol–water partition coefficient (Wildman–Crippen LogP) is 2.76. The van der Waals surface area contributed by atoms with E-state index in [4.69, 9.17) is 4.98 Å². The average Bonchev–Trinajstić information content (AvgIpc) is 3.45. The smallest absolute Gasteiger partial charge is 0.274 e. The molecule has 1 N–H and O–H groups in total. The van der Waals surface area contributed by atoms with Crippen LogP contribution in [0.3, 0.4) is 0 Å². The highest BCUT2D eigenvalue weighted by atomic mass is 16.2. The van der Waals surface area contributed by atoms with Crippen LogP contribution in [0.5, 0.6) is 0 Å². The largest absolute Gasteiger partial charge is 0.357 e. The fourth-order valence-corrected chi connectivity index (χ4v) is 6.02. The zero-order chi connectivity index (χ0) is 27.1. The van der Waals surface area contributed by atoms with Gasteiger partial charge in [-0.1, -0.05) is 6.07 Å². The zero-order valence-electron chi connectivity index (χ0n) is 23.1. The number of nitrogens with one attached hydrogen (secondary N) is 1. The Morgan fingerprint density at radius 2 is 1.77 bits per heavy atom. The summed E-state index contributed by atoms with van der Waals surface area (Å²) in [5.41, 5.74) is 3.69. The van der Waals surface area contributed by atoms with Crippen molar-refractivity contribution in [3.63, 3.8) is 0 Å². The van der Waals surface area contributed by atoms with Gasteiger partial charge in [0.2, 0.25) is 5.91 Å². The summed E-state index contributed by atoms with van der Waals surface area (Å²) >= 11 is 0. The van der Waals surface area contributed by atoms with Gasteiger partial charge >= 0.3 is 0 Å². The number of aromatic amines is 1. The fraction of sp³-hybridized carbons (Fsp3) is 0.433. The number of rotatable bonds is 6. The maximum Gasteiger partial charge on any atom is 0.274 e. The highest BCUT2D eigenvalue weighted by Gasteiger charge is 2.29. The highest BCUT2D eigenvalue weighted by molar-refractivity contribution is 5.96. The second kappa shape index (κ2) is 10.5. The Hall–Kier alpha value is -3.69. The molecule has 2 saturated heterocycles. The Labute approximate surface area is 228 Å². The number of nitrogens with zero attached hydrogens (tertiary/aromatic N) is 6. The Kier molecular flexibility index (Phi) is 6.86. The summed E-state index contributed by atoms with van der Waals surface area (Å²) in [5.74, 6) is 1.26. The highest BCUT2D eigenvalue weighted by Crippen LogP contribution is 2.29. The number of pyridine rings is 2. The monoisotopic (exact) mass is 527 g/mol. The number of carbonyl (C=O) groups is 1. The zero-order valence-corrected chi connectivity index (χ0v) is 23.1. The van der Waals surface area contributed by atoms with Gasteiger partial charge in [-0.2, -0.15) is 0 Å². The van der Waals surface area contributed by atoms with Gasteiger partial charge in [0.25, 0.3) is 5.56 Å². The van der Waals surface area contributed by atoms with Gasteiger partial charge in [-0.15, -0.1) is 0 Å². The summed E-state index contributed by atoms with van der Waals surface area (Å²) in [4.78, 5) is 41.8. The third-order valence-electron chi connectivity index (χ3n) is 8.50. The van der Waals surface area contributed by atoms with Crippen molar-refractivity contribution in [3.05, 3.63) is 59.1 Å². The summed E-state index contributed by atoms with van der Waals surface area (Å²) in [6, 6.07) is 12.6. The molecule has 4 aromatic rings. The molecule has 39 heavy (non-hydrogen) atoms. The molecule has 5 heterocycles. The minimum absolute atomic E-state index is 0.00769. The number of hydrogen-bond donors (Lipinski definition) is 1. The molecule has 1 amide bonds. The molecule has 0 radical (unpaired) electrons. The van der Waals surface area contributed by atoms with Crippen LogP contribution in [-0.2, 0) is 11.8 Å². The van der Waals surface area contributed by atoms with E-state index in [9.17, 15) is 9.59 Å². The molecule has 0 spiro atoms. The third-order valence-corrected chi connectivity index (χ3v) is 8.50. The van der Waals surface area contributed by atoms with Crippen molar-refractivity contribution in [3.8, 4) is 11.1 Å². The van der Waals surface area contributed by atoms with Crippen LogP contribution in [0.25, 0.3) is 32.9 Å². The topological polar surface area (TPSA) is 80.7 Å². The first-order valence-electron chi connectivity index (χ1n) is 13.9. The molecule has 0 aliphatic carbocycles. The Balaban J connectivity index is 1.08. The molecule has 0 saturated carbocycles. The van der Waals surface area contributed by atoms with Gasteiger partial charge in [0.05, 0.1) is 11.6 Å². The quantitative estimate of drug-likeness (QED) is 0.415. The predicted molar refractivity (Wildman–Crippen MR) is 156 cm³/mol. The van der Waals surface area contributed by atoms with Crippen molar-refractivity contribution in [2.45, 2.75) is 19.4 Å². The van der Waals surface area contributed by atoms with Crippen LogP contribution >= 0.6 is 0 Å². The lowest BCUT2D eigenvalue weighted by Gasteiger charge is -2.38. The lowest BCUT2D eigenvalue weighted by molar-refractivity contribution is -0.139. The number of carbonyl (C=O) groups excluding carboxylic acids is 1. The summed E-state index contributed by atoms with van der Waals surface area (Å²) in [6.07, 6.45) is 4.81. The van der Waals surface area contributed by atoms with Gasteiger partial charge in [-0.3, -0.25) is 19.4 Å². The minimum atomic E-state index is -0.0212. The van der Waals surface area contributed by atoms with Crippen LogP contribution in [-0.4, -0.2) is 101 Å². The third kappa shape index (κ3) is 4.92. The lowest BCUT2D eigenvalue weighted by Crippen LogP contribution is -2.54. The van der Waals surface area contributed by atoms with Crippen LogP contribution in [0.4, 0.5) is 5.82 Å². The van der Waals surface area contributed by atoms with E-state index in [-0.39, 0.29) is 17.5 Å². The first-order chi connectivity index (χ1) is 18.9. The molecule has 2 aliphatic heterocycles. The van der Waals surface area contributed by atoms with E-state index >= 15 is 0 Å². The van der Waals surface area contributed by atoms with E-state index < -0.39 is 0 Å². The van der Waals surface area contributed by atoms with Gasteiger partial charge in [0.1, 0.15) is 11.3 Å². The summed E-state index contributed by atoms with van der Waals surface area (Å²) in [6.45, 7) is 9.83. The maximum absolute atomic E-state index is 12.4. The van der Waals surface area contributed by atoms with E-state index in [1.807, 2.05) is 37.3 Å². The Morgan fingerprint density at radius 3 is 2.59 bits per heavy atom. The van der Waals surface area contributed by atoms with Crippen molar-refractivity contribution >= 4 is 33.5 Å². The van der Waals surface area contributed by atoms with Gasteiger partial charge in [-0.05, 0) is 55.8 Å². The van der Waals surface area contributed by atoms with Crippen LogP contribution in [0.1, 0.15) is 13.3 Å². The van der Waals surface area contributed by atoms with Crippen molar-refractivity contribution in [2.75, 3.05) is 64.3 Å². The molecule has 9 heteroatoms. The van der Waals surface area contributed by atoms with E-state index in [0.29, 0.717) is 5.52 Å².